The van der Waals surface area contributed by atoms with Crippen LogP contribution in [0.15, 0.2) is 12.3 Å². The molecule has 4 heteroatoms. The van der Waals surface area contributed by atoms with E-state index in [1.807, 2.05) is 26.2 Å². The van der Waals surface area contributed by atoms with Crippen molar-refractivity contribution >= 4 is 5.82 Å². The van der Waals surface area contributed by atoms with Gasteiger partial charge in [0.25, 0.3) is 0 Å². The maximum absolute atomic E-state index is 5.19. The summed E-state index contributed by atoms with van der Waals surface area (Å²) in [5.74, 6) is 0.888. The van der Waals surface area contributed by atoms with E-state index >= 15 is 0 Å². The molecule has 0 aromatic carbocycles. The number of ether oxygens (including phenoxy) is 1. The first-order chi connectivity index (χ1) is 6.13. The van der Waals surface area contributed by atoms with Gasteiger partial charge in [-0.15, -0.1) is 0 Å². The van der Waals surface area contributed by atoms with Crippen LogP contribution in [0.1, 0.15) is 13.8 Å². The van der Waals surface area contributed by atoms with Crippen molar-refractivity contribution in [3.63, 3.8) is 0 Å². The number of hydrogen-bond acceptors (Lipinski definition) is 3. The zero-order chi connectivity index (χ0) is 9.84. The summed E-state index contributed by atoms with van der Waals surface area (Å²) in [5, 5.41) is 7.47. The Morgan fingerprint density at radius 2 is 2.23 bits per heavy atom. The third-order valence-corrected chi connectivity index (χ3v) is 2.17. The van der Waals surface area contributed by atoms with Gasteiger partial charge in [0.2, 0.25) is 0 Å². The summed E-state index contributed by atoms with van der Waals surface area (Å²) in [5.41, 5.74) is 0. The Balaban J connectivity index is 2.49. The average Bonchev–Trinajstić information content (AvgIpc) is 2.49. The molecule has 0 bridgehead atoms. The first-order valence-corrected chi connectivity index (χ1v) is 4.42. The van der Waals surface area contributed by atoms with Crippen molar-refractivity contribution in [1.29, 1.82) is 0 Å². The summed E-state index contributed by atoms with van der Waals surface area (Å²) >= 11 is 0. The average molecular weight is 183 g/mol. The van der Waals surface area contributed by atoms with E-state index in [1.165, 1.54) is 0 Å². The van der Waals surface area contributed by atoms with Crippen molar-refractivity contribution in [3.8, 4) is 0 Å². The molecule has 1 aromatic heterocycles. The molecule has 0 amide bonds. The van der Waals surface area contributed by atoms with Crippen molar-refractivity contribution < 1.29 is 4.74 Å². The lowest BCUT2D eigenvalue weighted by atomic mass is 10.2. The smallest absolute Gasteiger partial charge is 0.148 e. The highest BCUT2D eigenvalue weighted by Crippen LogP contribution is 2.06. The van der Waals surface area contributed by atoms with E-state index in [2.05, 4.69) is 17.3 Å². The standard InChI is InChI=1S/C9H17N3O/c1-7(8(2)13-4)10-9-5-6-12(3)11-9/h5-8H,1-4H3,(H,10,11). The van der Waals surface area contributed by atoms with Crippen LogP contribution in [0.25, 0.3) is 0 Å². The molecule has 2 atom stereocenters. The molecule has 1 heterocycles. The number of methoxy groups -OCH3 is 1. The van der Waals surface area contributed by atoms with Gasteiger partial charge in [-0.1, -0.05) is 0 Å². The summed E-state index contributed by atoms with van der Waals surface area (Å²) in [7, 11) is 3.61. The third-order valence-electron chi connectivity index (χ3n) is 2.17. The van der Waals surface area contributed by atoms with Gasteiger partial charge in [0.1, 0.15) is 5.82 Å². The van der Waals surface area contributed by atoms with Crippen molar-refractivity contribution in [2.75, 3.05) is 12.4 Å². The Kier molecular flexibility index (Phi) is 3.31. The molecule has 0 aliphatic rings. The van der Waals surface area contributed by atoms with Crippen LogP contribution in [-0.4, -0.2) is 29.0 Å². The first kappa shape index (κ1) is 10.1. The fraction of sp³-hybridized carbons (Fsp3) is 0.667. The predicted octanol–water partition coefficient (Wildman–Crippen LogP) is 1.26. The van der Waals surface area contributed by atoms with Crippen molar-refractivity contribution in [2.45, 2.75) is 26.0 Å². The predicted molar refractivity (Wildman–Crippen MR) is 52.8 cm³/mol. The van der Waals surface area contributed by atoms with Gasteiger partial charge in [0.15, 0.2) is 0 Å². The molecule has 0 saturated carbocycles. The van der Waals surface area contributed by atoms with Crippen LogP contribution in [0.2, 0.25) is 0 Å². The van der Waals surface area contributed by atoms with Crippen LogP contribution in [-0.2, 0) is 11.8 Å². The lowest BCUT2D eigenvalue weighted by Crippen LogP contribution is -2.29. The normalized spacial score (nSPS) is 15.4. The second kappa shape index (κ2) is 4.28. The maximum Gasteiger partial charge on any atom is 0.148 e. The Bertz CT molecular complexity index is 259. The second-order valence-electron chi connectivity index (χ2n) is 3.25. The molecular formula is C9H17N3O. The zero-order valence-corrected chi connectivity index (χ0v) is 8.61. The molecule has 2 unspecified atom stereocenters. The van der Waals surface area contributed by atoms with Gasteiger partial charge in [-0.2, -0.15) is 5.10 Å². The zero-order valence-electron chi connectivity index (χ0n) is 8.61. The van der Waals surface area contributed by atoms with Gasteiger partial charge in [0, 0.05) is 26.4 Å². The van der Waals surface area contributed by atoms with Crippen molar-refractivity contribution in [1.82, 2.24) is 9.78 Å². The van der Waals surface area contributed by atoms with E-state index < -0.39 is 0 Å². The van der Waals surface area contributed by atoms with Gasteiger partial charge < -0.3 is 10.1 Å². The highest BCUT2D eigenvalue weighted by atomic mass is 16.5. The molecule has 0 aliphatic carbocycles. The molecule has 13 heavy (non-hydrogen) atoms. The minimum atomic E-state index is 0.182. The topological polar surface area (TPSA) is 39.1 Å². The summed E-state index contributed by atoms with van der Waals surface area (Å²) in [6.07, 6.45) is 2.09. The van der Waals surface area contributed by atoms with Crippen molar-refractivity contribution in [2.24, 2.45) is 7.05 Å². The summed E-state index contributed by atoms with van der Waals surface area (Å²) in [4.78, 5) is 0. The summed E-state index contributed by atoms with van der Waals surface area (Å²) in [6.45, 7) is 4.10. The molecule has 0 radical (unpaired) electrons. The molecule has 0 fully saturated rings. The number of hydrogen-bond donors (Lipinski definition) is 1. The van der Waals surface area contributed by atoms with E-state index in [0.29, 0.717) is 0 Å². The van der Waals surface area contributed by atoms with Gasteiger partial charge >= 0.3 is 0 Å². The van der Waals surface area contributed by atoms with E-state index in [0.717, 1.165) is 5.82 Å². The number of aromatic nitrogens is 2. The number of nitrogens with one attached hydrogen (secondary N) is 1. The molecule has 0 saturated heterocycles. The molecule has 1 aromatic rings. The number of aryl methyl sites for hydroxylation is 1. The molecule has 74 valence electrons. The fourth-order valence-electron chi connectivity index (χ4n) is 1.05. The van der Waals surface area contributed by atoms with Crippen molar-refractivity contribution in [3.05, 3.63) is 12.3 Å². The SMILES string of the molecule is COC(C)C(C)Nc1ccn(C)n1. The van der Waals surface area contributed by atoms with E-state index in [4.69, 9.17) is 4.74 Å². The summed E-state index contributed by atoms with van der Waals surface area (Å²) < 4.78 is 6.96. The summed E-state index contributed by atoms with van der Waals surface area (Å²) in [6, 6.07) is 2.21. The van der Waals surface area contributed by atoms with E-state index in [-0.39, 0.29) is 12.1 Å². The Morgan fingerprint density at radius 3 is 2.69 bits per heavy atom. The van der Waals surface area contributed by atoms with Crippen LogP contribution in [0.3, 0.4) is 0 Å². The molecular weight excluding hydrogens is 166 g/mol. The molecule has 4 nitrogen and oxygen atoms in total. The van der Waals surface area contributed by atoms with Crippen LogP contribution < -0.4 is 5.32 Å². The Hall–Kier alpha value is -1.03. The third kappa shape index (κ3) is 2.73. The lowest BCUT2D eigenvalue weighted by Gasteiger charge is -2.19. The Morgan fingerprint density at radius 1 is 1.54 bits per heavy atom. The largest absolute Gasteiger partial charge is 0.380 e. The molecule has 1 N–H and O–H groups in total. The van der Waals surface area contributed by atoms with Crippen LogP contribution in [0.4, 0.5) is 5.82 Å². The minimum absolute atomic E-state index is 0.182. The van der Waals surface area contributed by atoms with Crippen LogP contribution in [0.5, 0.6) is 0 Å². The number of nitrogens with zero attached hydrogens (tertiary/aromatic N) is 2. The van der Waals surface area contributed by atoms with E-state index in [1.54, 1.807) is 11.8 Å². The van der Waals surface area contributed by atoms with Crippen LogP contribution >= 0.6 is 0 Å². The highest BCUT2D eigenvalue weighted by molar-refractivity contribution is 5.33. The lowest BCUT2D eigenvalue weighted by molar-refractivity contribution is 0.106. The molecule has 0 aliphatic heterocycles. The quantitative estimate of drug-likeness (QED) is 0.763. The fourth-order valence-corrected chi connectivity index (χ4v) is 1.05. The maximum atomic E-state index is 5.19. The molecule has 1 rings (SSSR count). The van der Waals surface area contributed by atoms with Gasteiger partial charge in [-0.3, -0.25) is 4.68 Å². The van der Waals surface area contributed by atoms with Crippen LogP contribution in [0, 0.1) is 0 Å². The van der Waals surface area contributed by atoms with Gasteiger partial charge in [-0.05, 0) is 13.8 Å². The number of anilines is 1. The second-order valence-corrected chi connectivity index (χ2v) is 3.25. The molecule has 0 spiro atoms. The number of rotatable bonds is 4. The van der Waals surface area contributed by atoms with E-state index in [9.17, 15) is 0 Å². The Labute approximate surface area is 78.9 Å². The van der Waals surface area contributed by atoms with Gasteiger partial charge in [-0.25, -0.2) is 0 Å². The monoisotopic (exact) mass is 183 g/mol. The van der Waals surface area contributed by atoms with Gasteiger partial charge in [0.05, 0.1) is 12.1 Å². The first-order valence-electron chi connectivity index (χ1n) is 4.42. The minimum Gasteiger partial charge on any atom is -0.380 e. The highest BCUT2D eigenvalue weighted by Gasteiger charge is 2.11.